The number of ether oxygens (including phenoxy) is 1. The fourth-order valence-corrected chi connectivity index (χ4v) is 4.52. The Morgan fingerprint density at radius 3 is 1.14 bits per heavy atom. The Hall–Kier alpha value is -2.08. The zero-order chi connectivity index (χ0) is 26.1. The van der Waals surface area contributed by atoms with E-state index in [2.05, 4.69) is 51.3 Å². The van der Waals surface area contributed by atoms with Crippen LogP contribution in [0, 0.1) is 0 Å². The van der Waals surface area contributed by atoms with Gasteiger partial charge in [0.05, 0.1) is 13.2 Å². The number of nitrogens with zero attached hydrogens (tertiary/aromatic N) is 2. The molecule has 35 heavy (non-hydrogen) atoms. The normalized spacial score (nSPS) is 12.9. The summed E-state index contributed by atoms with van der Waals surface area (Å²) in [5.41, 5.74) is 2.51. The topological polar surface area (TPSA) is 56.2 Å². The first-order valence-electron chi connectivity index (χ1n) is 13.5. The van der Waals surface area contributed by atoms with Gasteiger partial charge in [-0.2, -0.15) is 0 Å². The molecule has 0 amide bonds. The van der Waals surface area contributed by atoms with E-state index in [9.17, 15) is 10.2 Å². The predicted molar refractivity (Wildman–Crippen MR) is 149 cm³/mol. The Balaban J connectivity index is 0.000000367. The van der Waals surface area contributed by atoms with Crippen molar-refractivity contribution in [3.8, 4) is 11.5 Å². The van der Waals surface area contributed by atoms with E-state index in [4.69, 9.17) is 4.74 Å². The van der Waals surface area contributed by atoms with Crippen LogP contribution in [-0.4, -0.2) is 72.5 Å². The molecular weight excluding hydrogens is 436 g/mol. The first kappa shape index (κ1) is 31.0. The summed E-state index contributed by atoms with van der Waals surface area (Å²) in [6.45, 7) is 21.5. The molecule has 0 heterocycles. The van der Waals surface area contributed by atoms with Crippen molar-refractivity contribution in [2.75, 3.05) is 52.5 Å². The Morgan fingerprint density at radius 1 is 0.571 bits per heavy atom. The number of hydrogen-bond acceptors (Lipinski definition) is 5. The van der Waals surface area contributed by atoms with Crippen molar-refractivity contribution in [2.45, 2.75) is 66.2 Å². The van der Waals surface area contributed by atoms with Crippen molar-refractivity contribution >= 4 is 0 Å². The Labute approximate surface area is 214 Å². The Morgan fingerprint density at radius 2 is 0.886 bits per heavy atom. The summed E-state index contributed by atoms with van der Waals surface area (Å²) in [7, 11) is 0. The summed E-state index contributed by atoms with van der Waals surface area (Å²) in [5, 5.41) is 18.9. The molecule has 0 fully saturated rings. The number of hydrogen-bond donors (Lipinski definition) is 2. The van der Waals surface area contributed by atoms with Crippen LogP contribution in [0.15, 0.2) is 48.5 Å². The van der Waals surface area contributed by atoms with Crippen molar-refractivity contribution in [1.29, 1.82) is 0 Å². The molecule has 5 nitrogen and oxygen atoms in total. The van der Waals surface area contributed by atoms with Crippen molar-refractivity contribution in [1.82, 2.24) is 9.80 Å². The highest BCUT2D eigenvalue weighted by atomic mass is 16.5. The zero-order valence-corrected chi connectivity index (χ0v) is 23.0. The molecule has 0 aliphatic rings. The fraction of sp³-hybridized carbons (Fsp3) is 0.600. The predicted octanol–water partition coefficient (Wildman–Crippen LogP) is 6.47. The van der Waals surface area contributed by atoms with Crippen LogP contribution < -0.4 is 0 Å². The van der Waals surface area contributed by atoms with Crippen LogP contribution in [0.4, 0.5) is 0 Å². The van der Waals surface area contributed by atoms with Gasteiger partial charge in [-0.25, -0.2) is 0 Å². The smallest absolute Gasteiger partial charge is 0.115 e. The number of likely N-dealkylation sites (N-methyl/N-ethyl adjacent to an activating group) is 2. The van der Waals surface area contributed by atoms with Crippen molar-refractivity contribution < 1.29 is 14.9 Å². The highest BCUT2D eigenvalue weighted by Crippen LogP contribution is 2.38. The van der Waals surface area contributed by atoms with E-state index in [1.54, 1.807) is 24.3 Å². The van der Waals surface area contributed by atoms with Gasteiger partial charge in [0.15, 0.2) is 0 Å². The van der Waals surface area contributed by atoms with Gasteiger partial charge in [-0.05, 0) is 86.2 Å². The third kappa shape index (κ3) is 11.5. The molecule has 5 heteroatoms. The second-order valence-electron chi connectivity index (χ2n) is 8.88. The quantitative estimate of drug-likeness (QED) is 0.283. The van der Waals surface area contributed by atoms with Crippen LogP contribution in [-0.2, 0) is 4.74 Å². The molecule has 2 aromatic carbocycles. The Kier molecular flexibility index (Phi) is 16.1. The van der Waals surface area contributed by atoms with E-state index in [1.807, 2.05) is 24.3 Å². The minimum atomic E-state index is 0.307. The summed E-state index contributed by atoms with van der Waals surface area (Å²) < 4.78 is 5.62. The highest BCUT2D eigenvalue weighted by Gasteiger charge is 2.22. The number of aromatic hydroxyl groups is 2. The van der Waals surface area contributed by atoms with E-state index >= 15 is 0 Å². The first-order valence-corrected chi connectivity index (χ1v) is 13.5. The monoisotopic (exact) mass is 486 g/mol. The summed E-state index contributed by atoms with van der Waals surface area (Å²) in [4.78, 5) is 4.77. The molecule has 0 aromatic heterocycles. The molecule has 2 aromatic rings. The summed E-state index contributed by atoms with van der Waals surface area (Å²) in [5.74, 6) is 1.46. The third-order valence-corrected chi connectivity index (χ3v) is 6.90. The fourth-order valence-electron chi connectivity index (χ4n) is 4.52. The zero-order valence-electron chi connectivity index (χ0n) is 23.0. The molecule has 0 bridgehead atoms. The molecular formula is C30H50N2O3. The number of phenols is 2. The highest BCUT2D eigenvalue weighted by molar-refractivity contribution is 5.34. The molecule has 198 valence electrons. The van der Waals surface area contributed by atoms with Gasteiger partial charge in [0, 0.05) is 13.1 Å². The summed E-state index contributed by atoms with van der Waals surface area (Å²) in [6.07, 6.45) is 2.09. The van der Waals surface area contributed by atoms with E-state index in [0.717, 1.165) is 65.3 Å². The maximum absolute atomic E-state index is 9.43. The second-order valence-corrected chi connectivity index (χ2v) is 8.88. The largest absolute Gasteiger partial charge is 0.508 e. The lowest BCUT2D eigenvalue weighted by atomic mass is 9.78. The van der Waals surface area contributed by atoms with Crippen LogP contribution in [0.3, 0.4) is 0 Å². The van der Waals surface area contributed by atoms with Gasteiger partial charge in [-0.1, -0.05) is 65.8 Å². The second kappa shape index (κ2) is 18.2. The molecule has 0 radical (unpaired) electrons. The molecule has 2 rings (SSSR count). The van der Waals surface area contributed by atoms with Gasteiger partial charge in [0.25, 0.3) is 0 Å². The molecule has 0 spiro atoms. The summed E-state index contributed by atoms with van der Waals surface area (Å²) >= 11 is 0. The molecule has 0 aliphatic heterocycles. The number of phenolic OH excluding ortho intramolecular Hbond substituents is 2. The number of rotatable bonds is 15. The molecule has 0 saturated carbocycles. The minimum absolute atomic E-state index is 0.307. The van der Waals surface area contributed by atoms with Crippen LogP contribution in [0.5, 0.6) is 11.5 Å². The van der Waals surface area contributed by atoms with Gasteiger partial charge < -0.3 is 24.7 Å². The van der Waals surface area contributed by atoms with Gasteiger partial charge in [0.1, 0.15) is 11.5 Å². The van der Waals surface area contributed by atoms with E-state index < -0.39 is 0 Å². The van der Waals surface area contributed by atoms with Crippen LogP contribution in [0.2, 0.25) is 0 Å². The molecule has 2 atom stereocenters. The van der Waals surface area contributed by atoms with Crippen molar-refractivity contribution in [3.63, 3.8) is 0 Å². The Bertz CT molecular complexity index is 691. The lowest BCUT2D eigenvalue weighted by Gasteiger charge is -2.26. The maximum atomic E-state index is 9.43. The average molecular weight is 487 g/mol. The van der Waals surface area contributed by atoms with Crippen LogP contribution in [0.1, 0.15) is 77.3 Å². The third-order valence-electron chi connectivity index (χ3n) is 6.90. The molecule has 0 saturated heterocycles. The maximum Gasteiger partial charge on any atom is 0.115 e. The molecule has 2 N–H and O–H groups in total. The van der Waals surface area contributed by atoms with E-state index in [0.29, 0.717) is 23.3 Å². The molecule has 0 aliphatic carbocycles. The molecule has 0 unspecified atom stereocenters. The standard InChI is InChI=1S/C18H22O2.C12H28N2O/c1-3-17(13-5-9-15(19)10-6-13)18(4-2)14-7-11-16(20)12-8-14;1-5-13(6-2)9-11-15-12-10-14(7-3)8-4/h5-12,17-20H,3-4H2,1-2H3;5-12H2,1-4H3/t17-,18+;. The van der Waals surface area contributed by atoms with Gasteiger partial charge in [-0.3, -0.25) is 0 Å². The van der Waals surface area contributed by atoms with Gasteiger partial charge in [0.2, 0.25) is 0 Å². The van der Waals surface area contributed by atoms with Crippen molar-refractivity contribution in [2.24, 2.45) is 0 Å². The SMILES string of the molecule is CCN(CC)CCOCCN(CC)CC.CC[C@H](c1ccc(O)cc1)[C@@H](CC)c1ccc(O)cc1. The first-order chi connectivity index (χ1) is 16.9. The average Bonchev–Trinajstić information content (AvgIpc) is 2.89. The minimum Gasteiger partial charge on any atom is -0.508 e. The van der Waals surface area contributed by atoms with Crippen LogP contribution in [0.25, 0.3) is 0 Å². The van der Waals surface area contributed by atoms with E-state index in [1.165, 1.54) is 11.1 Å². The van der Waals surface area contributed by atoms with Crippen molar-refractivity contribution in [3.05, 3.63) is 59.7 Å². The lowest BCUT2D eigenvalue weighted by Crippen LogP contribution is -2.30. The van der Waals surface area contributed by atoms with E-state index in [-0.39, 0.29) is 0 Å². The number of benzene rings is 2. The summed E-state index contributed by atoms with van der Waals surface area (Å²) in [6, 6.07) is 15.0. The lowest BCUT2D eigenvalue weighted by molar-refractivity contribution is 0.0876. The van der Waals surface area contributed by atoms with Gasteiger partial charge >= 0.3 is 0 Å². The van der Waals surface area contributed by atoms with Crippen LogP contribution >= 0.6 is 0 Å². The van der Waals surface area contributed by atoms with Gasteiger partial charge in [-0.15, -0.1) is 0 Å².